The fourth-order valence-corrected chi connectivity index (χ4v) is 1.76. The van der Waals surface area contributed by atoms with Crippen LogP contribution in [-0.4, -0.2) is 45.7 Å². The molecule has 0 atom stereocenters. The second kappa shape index (κ2) is 7.87. The molecule has 0 radical (unpaired) electrons. The summed E-state index contributed by atoms with van der Waals surface area (Å²) in [7, 11) is 1.33. The fourth-order valence-electron chi connectivity index (χ4n) is 1.76. The van der Waals surface area contributed by atoms with Crippen molar-refractivity contribution in [3.05, 3.63) is 30.3 Å². The lowest BCUT2D eigenvalue weighted by atomic mass is 10.2. The molecule has 0 aliphatic rings. The summed E-state index contributed by atoms with van der Waals surface area (Å²) in [6, 6.07) is 9.40. The number of carbonyl (C=O) groups is 2. The molecule has 1 heterocycles. The van der Waals surface area contributed by atoms with Crippen LogP contribution >= 0.6 is 0 Å². The molecular formula is C14H17N5O3. The van der Waals surface area contributed by atoms with Gasteiger partial charge < -0.3 is 10.1 Å². The zero-order valence-corrected chi connectivity index (χ0v) is 12.2. The van der Waals surface area contributed by atoms with Crippen molar-refractivity contribution in [3.8, 4) is 11.4 Å². The number of hydrogen-bond acceptors (Lipinski definition) is 6. The first-order chi connectivity index (χ1) is 10.7. The molecule has 2 aromatic rings. The van der Waals surface area contributed by atoms with E-state index in [1.165, 1.54) is 11.9 Å². The van der Waals surface area contributed by atoms with Crippen LogP contribution in [0.5, 0.6) is 0 Å². The monoisotopic (exact) mass is 303 g/mol. The summed E-state index contributed by atoms with van der Waals surface area (Å²) in [4.78, 5) is 23.9. The molecular weight excluding hydrogens is 286 g/mol. The summed E-state index contributed by atoms with van der Waals surface area (Å²) < 4.78 is 4.51. The standard InChI is InChI=1S/C14H17N5O3/c1-22-13(21)8-5-9-15-12(20)10-19-17-14(16-18-19)11-6-3-2-4-7-11/h2-4,6-7H,5,8-10H2,1H3,(H,15,20). The minimum Gasteiger partial charge on any atom is -0.469 e. The zero-order valence-electron chi connectivity index (χ0n) is 12.2. The Bertz CT molecular complexity index is 626. The average molecular weight is 303 g/mol. The van der Waals surface area contributed by atoms with Gasteiger partial charge in [0.1, 0.15) is 6.54 Å². The van der Waals surface area contributed by atoms with Crippen LogP contribution in [0.15, 0.2) is 30.3 Å². The first kappa shape index (κ1) is 15.6. The van der Waals surface area contributed by atoms with Crippen LogP contribution in [0.4, 0.5) is 0 Å². The highest BCUT2D eigenvalue weighted by Crippen LogP contribution is 2.11. The Kier molecular flexibility index (Phi) is 5.58. The van der Waals surface area contributed by atoms with Crippen molar-refractivity contribution in [1.29, 1.82) is 0 Å². The van der Waals surface area contributed by atoms with Crippen LogP contribution in [0.1, 0.15) is 12.8 Å². The Morgan fingerprint density at radius 1 is 1.27 bits per heavy atom. The summed E-state index contributed by atoms with van der Waals surface area (Å²) >= 11 is 0. The van der Waals surface area contributed by atoms with Gasteiger partial charge in [-0.3, -0.25) is 9.59 Å². The van der Waals surface area contributed by atoms with Gasteiger partial charge in [0.05, 0.1) is 7.11 Å². The third-order valence-corrected chi connectivity index (χ3v) is 2.88. The molecule has 1 amide bonds. The number of ether oxygens (including phenoxy) is 1. The summed E-state index contributed by atoms with van der Waals surface area (Å²) in [5.41, 5.74) is 0.840. The first-order valence-corrected chi connectivity index (χ1v) is 6.86. The van der Waals surface area contributed by atoms with Crippen molar-refractivity contribution in [2.75, 3.05) is 13.7 Å². The number of benzene rings is 1. The predicted molar refractivity (Wildman–Crippen MR) is 77.5 cm³/mol. The van der Waals surface area contributed by atoms with Gasteiger partial charge >= 0.3 is 5.97 Å². The van der Waals surface area contributed by atoms with Crippen LogP contribution in [0.2, 0.25) is 0 Å². The molecule has 1 aromatic heterocycles. The Labute approximate surface area is 127 Å². The van der Waals surface area contributed by atoms with Crippen LogP contribution in [0.3, 0.4) is 0 Å². The molecule has 22 heavy (non-hydrogen) atoms. The van der Waals surface area contributed by atoms with E-state index in [1.54, 1.807) is 0 Å². The number of methoxy groups -OCH3 is 1. The number of amides is 1. The lowest BCUT2D eigenvalue weighted by molar-refractivity contribution is -0.140. The Hall–Kier alpha value is -2.77. The lowest BCUT2D eigenvalue weighted by Crippen LogP contribution is -2.29. The quantitative estimate of drug-likeness (QED) is 0.587. The van der Waals surface area contributed by atoms with E-state index in [0.717, 1.165) is 5.56 Å². The predicted octanol–water partition coefficient (Wildman–Crippen LogP) is 0.409. The summed E-state index contributed by atoms with van der Waals surface area (Å²) in [5.74, 6) is -0.0549. The highest BCUT2D eigenvalue weighted by Gasteiger charge is 2.09. The van der Waals surface area contributed by atoms with Gasteiger partial charge in [-0.25, -0.2) is 0 Å². The molecule has 116 valence electrons. The largest absolute Gasteiger partial charge is 0.469 e. The van der Waals surface area contributed by atoms with Crippen molar-refractivity contribution in [2.24, 2.45) is 0 Å². The second-order valence-corrected chi connectivity index (χ2v) is 4.54. The van der Waals surface area contributed by atoms with Crippen molar-refractivity contribution in [1.82, 2.24) is 25.5 Å². The van der Waals surface area contributed by atoms with Crippen LogP contribution in [0, 0.1) is 0 Å². The number of esters is 1. The highest BCUT2D eigenvalue weighted by atomic mass is 16.5. The molecule has 8 heteroatoms. The lowest BCUT2D eigenvalue weighted by Gasteiger charge is -2.03. The Balaban J connectivity index is 1.78. The maximum atomic E-state index is 11.7. The van der Waals surface area contributed by atoms with Crippen molar-refractivity contribution >= 4 is 11.9 Å². The van der Waals surface area contributed by atoms with Crippen molar-refractivity contribution < 1.29 is 14.3 Å². The van der Waals surface area contributed by atoms with Gasteiger partial charge in [-0.15, -0.1) is 10.2 Å². The maximum Gasteiger partial charge on any atom is 0.305 e. The Morgan fingerprint density at radius 3 is 2.77 bits per heavy atom. The van der Waals surface area contributed by atoms with E-state index in [0.29, 0.717) is 18.8 Å². The van der Waals surface area contributed by atoms with E-state index in [4.69, 9.17) is 0 Å². The SMILES string of the molecule is COC(=O)CCCNC(=O)Cn1nnc(-c2ccccc2)n1. The maximum absolute atomic E-state index is 11.7. The molecule has 0 saturated heterocycles. The summed E-state index contributed by atoms with van der Waals surface area (Å²) in [5, 5.41) is 14.6. The van der Waals surface area contributed by atoms with E-state index < -0.39 is 0 Å². The number of nitrogens with zero attached hydrogens (tertiary/aromatic N) is 4. The van der Waals surface area contributed by atoms with Crippen LogP contribution < -0.4 is 5.32 Å². The highest BCUT2D eigenvalue weighted by molar-refractivity contribution is 5.75. The zero-order chi connectivity index (χ0) is 15.8. The second-order valence-electron chi connectivity index (χ2n) is 4.54. The van der Waals surface area contributed by atoms with Gasteiger partial charge in [-0.1, -0.05) is 30.3 Å². The van der Waals surface area contributed by atoms with Gasteiger partial charge in [0.25, 0.3) is 0 Å². The van der Waals surface area contributed by atoms with Gasteiger partial charge in [0.15, 0.2) is 0 Å². The third kappa shape index (κ3) is 4.65. The number of aromatic nitrogens is 4. The molecule has 0 spiro atoms. The van der Waals surface area contributed by atoms with Crippen LogP contribution in [0.25, 0.3) is 11.4 Å². The smallest absolute Gasteiger partial charge is 0.305 e. The van der Waals surface area contributed by atoms with Crippen molar-refractivity contribution in [3.63, 3.8) is 0 Å². The molecule has 0 saturated carbocycles. The number of nitrogens with one attached hydrogen (secondary N) is 1. The van der Waals surface area contributed by atoms with Gasteiger partial charge in [-0.2, -0.15) is 4.80 Å². The molecule has 2 rings (SSSR count). The van der Waals surface area contributed by atoms with Crippen LogP contribution in [-0.2, 0) is 20.9 Å². The molecule has 0 aliphatic heterocycles. The molecule has 1 aromatic carbocycles. The molecule has 0 bridgehead atoms. The average Bonchev–Trinajstić information content (AvgIpc) is 3.00. The normalized spacial score (nSPS) is 10.2. The minimum absolute atomic E-state index is 0.0158. The number of rotatable bonds is 7. The fraction of sp³-hybridized carbons (Fsp3) is 0.357. The van der Waals surface area contributed by atoms with E-state index in [9.17, 15) is 9.59 Å². The van der Waals surface area contributed by atoms with Gasteiger partial charge in [-0.05, 0) is 11.6 Å². The third-order valence-electron chi connectivity index (χ3n) is 2.88. The summed E-state index contributed by atoms with van der Waals surface area (Å²) in [6.45, 7) is 0.381. The van der Waals surface area contributed by atoms with E-state index in [1.807, 2.05) is 30.3 Å². The number of hydrogen-bond donors (Lipinski definition) is 1. The minimum atomic E-state index is -0.292. The molecule has 0 unspecified atom stereocenters. The number of carbonyl (C=O) groups excluding carboxylic acids is 2. The number of tetrazole rings is 1. The molecule has 8 nitrogen and oxygen atoms in total. The first-order valence-electron chi connectivity index (χ1n) is 6.86. The molecule has 0 fully saturated rings. The Morgan fingerprint density at radius 2 is 2.05 bits per heavy atom. The van der Waals surface area contributed by atoms with E-state index in [-0.39, 0.29) is 24.8 Å². The van der Waals surface area contributed by atoms with E-state index in [2.05, 4.69) is 25.5 Å². The van der Waals surface area contributed by atoms with E-state index >= 15 is 0 Å². The molecule has 0 aliphatic carbocycles. The van der Waals surface area contributed by atoms with Gasteiger partial charge in [0, 0.05) is 18.5 Å². The van der Waals surface area contributed by atoms with Gasteiger partial charge in [0.2, 0.25) is 11.7 Å². The molecule has 1 N–H and O–H groups in total. The topological polar surface area (TPSA) is 99.0 Å². The summed E-state index contributed by atoms with van der Waals surface area (Å²) in [6.07, 6.45) is 0.801. The van der Waals surface area contributed by atoms with Crippen molar-refractivity contribution in [2.45, 2.75) is 19.4 Å².